The summed E-state index contributed by atoms with van der Waals surface area (Å²) >= 11 is 3.68. The summed E-state index contributed by atoms with van der Waals surface area (Å²) in [5, 5.41) is 0. The van der Waals surface area contributed by atoms with Crippen molar-refractivity contribution in [2.24, 2.45) is 0 Å². The van der Waals surface area contributed by atoms with Crippen molar-refractivity contribution in [2.75, 3.05) is 6.61 Å². The van der Waals surface area contributed by atoms with Crippen LogP contribution in [0.25, 0.3) is 0 Å². The summed E-state index contributed by atoms with van der Waals surface area (Å²) in [6, 6.07) is 0. The minimum atomic E-state index is 0.491. The lowest BCUT2D eigenvalue weighted by Gasteiger charge is -2.27. The van der Waals surface area contributed by atoms with Gasteiger partial charge >= 0.3 is 0 Å². The molecule has 1 aliphatic rings. The van der Waals surface area contributed by atoms with Crippen LogP contribution in [-0.2, 0) is 4.74 Å². The van der Waals surface area contributed by atoms with Gasteiger partial charge in [0.05, 0.1) is 6.10 Å². The first kappa shape index (κ1) is 10.5. The molecule has 0 amide bonds. The van der Waals surface area contributed by atoms with Gasteiger partial charge in [0.1, 0.15) is 0 Å². The Kier molecular flexibility index (Phi) is 5.24. The van der Waals surface area contributed by atoms with Gasteiger partial charge in [-0.3, -0.25) is 0 Å². The van der Waals surface area contributed by atoms with E-state index in [0.29, 0.717) is 10.9 Å². The predicted molar refractivity (Wildman–Crippen MR) is 55.8 cm³/mol. The van der Waals surface area contributed by atoms with Crippen LogP contribution in [0.15, 0.2) is 0 Å². The van der Waals surface area contributed by atoms with Gasteiger partial charge < -0.3 is 4.74 Å². The smallest absolute Gasteiger partial charge is 0.0700 e. The lowest BCUT2D eigenvalue weighted by molar-refractivity contribution is 0.0328. The van der Waals surface area contributed by atoms with Crippen LogP contribution in [0.2, 0.25) is 0 Å². The Morgan fingerprint density at radius 1 is 1.33 bits per heavy atom. The molecule has 2 atom stereocenters. The Morgan fingerprint density at radius 3 is 2.75 bits per heavy atom. The van der Waals surface area contributed by atoms with Crippen LogP contribution in [0.4, 0.5) is 0 Å². The van der Waals surface area contributed by atoms with E-state index in [-0.39, 0.29) is 0 Å². The van der Waals surface area contributed by atoms with Crippen molar-refractivity contribution in [2.45, 2.75) is 56.4 Å². The fourth-order valence-corrected chi connectivity index (χ4v) is 2.36. The number of hydrogen-bond acceptors (Lipinski definition) is 1. The second-order valence-corrected chi connectivity index (χ2v) is 4.74. The van der Waals surface area contributed by atoms with Gasteiger partial charge in [-0.25, -0.2) is 0 Å². The van der Waals surface area contributed by atoms with Crippen LogP contribution < -0.4 is 0 Å². The molecule has 0 heterocycles. The Labute approximate surface area is 84.0 Å². The van der Waals surface area contributed by atoms with Crippen molar-refractivity contribution in [3.05, 3.63) is 0 Å². The molecular weight excluding hydrogens is 216 g/mol. The van der Waals surface area contributed by atoms with E-state index in [1.807, 2.05) is 0 Å². The van der Waals surface area contributed by atoms with Crippen molar-refractivity contribution in [1.29, 1.82) is 0 Å². The molecule has 1 nitrogen and oxygen atoms in total. The van der Waals surface area contributed by atoms with Gasteiger partial charge in [0.2, 0.25) is 0 Å². The first-order valence-corrected chi connectivity index (χ1v) is 6.02. The molecule has 1 aliphatic carbocycles. The Morgan fingerprint density at radius 2 is 2.08 bits per heavy atom. The lowest BCUT2D eigenvalue weighted by atomic mass is 9.97. The molecule has 0 saturated heterocycles. The van der Waals surface area contributed by atoms with Gasteiger partial charge in [-0.15, -0.1) is 0 Å². The Bertz CT molecular complexity index is 116. The quantitative estimate of drug-likeness (QED) is 0.535. The molecule has 0 spiro atoms. The average molecular weight is 235 g/mol. The van der Waals surface area contributed by atoms with Crippen molar-refractivity contribution in [3.63, 3.8) is 0 Å². The summed E-state index contributed by atoms with van der Waals surface area (Å²) in [6.45, 7) is 3.15. The van der Waals surface area contributed by atoms with Crippen LogP contribution in [-0.4, -0.2) is 17.5 Å². The van der Waals surface area contributed by atoms with E-state index >= 15 is 0 Å². The van der Waals surface area contributed by atoms with E-state index in [1.54, 1.807) is 0 Å². The number of alkyl halides is 1. The molecule has 0 aromatic heterocycles. The normalized spacial score (nSPS) is 30.5. The highest BCUT2D eigenvalue weighted by Gasteiger charge is 2.22. The fraction of sp³-hybridized carbons (Fsp3) is 1.00. The van der Waals surface area contributed by atoms with E-state index in [2.05, 4.69) is 22.9 Å². The van der Waals surface area contributed by atoms with Crippen LogP contribution in [0.5, 0.6) is 0 Å². The Hall–Kier alpha value is 0.440. The molecule has 0 aliphatic heterocycles. The topological polar surface area (TPSA) is 9.23 Å². The largest absolute Gasteiger partial charge is 0.377 e. The maximum atomic E-state index is 5.79. The van der Waals surface area contributed by atoms with Crippen molar-refractivity contribution < 1.29 is 4.74 Å². The zero-order chi connectivity index (χ0) is 8.81. The molecule has 1 rings (SSSR count). The van der Waals surface area contributed by atoms with Crippen LogP contribution in [0.1, 0.15) is 45.4 Å². The van der Waals surface area contributed by atoms with Gasteiger partial charge in [0, 0.05) is 11.4 Å². The third-order valence-electron chi connectivity index (χ3n) is 2.45. The molecule has 0 N–H and O–H groups in total. The van der Waals surface area contributed by atoms with Crippen LogP contribution in [0.3, 0.4) is 0 Å². The Balaban J connectivity index is 2.11. The zero-order valence-electron chi connectivity index (χ0n) is 7.89. The van der Waals surface area contributed by atoms with Gasteiger partial charge in [0.15, 0.2) is 0 Å². The number of rotatable bonds is 4. The number of halogens is 1. The summed E-state index contributed by atoms with van der Waals surface area (Å²) in [4.78, 5) is 0.614. The zero-order valence-corrected chi connectivity index (χ0v) is 9.48. The minimum Gasteiger partial charge on any atom is -0.377 e. The highest BCUT2D eigenvalue weighted by Crippen LogP contribution is 2.26. The summed E-state index contributed by atoms with van der Waals surface area (Å²) in [6.07, 6.45) is 8.18. The summed E-state index contributed by atoms with van der Waals surface area (Å²) in [7, 11) is 0. The number of ether oxygens (including phenoxy) is 1. The SMILES string of the molecule is CCCCOC1CCCCC1Br. The molecule has 0 radical (unpaired) electrons. The van der Waals surface area contributed by atoms with Crippen LogP contribution >= 0.6 is 15.9 Å². The monoisotopic (exact) mass is 234 g/mol. The van der Waals surface area contributed by atoms with Gasteiger partial charge in [0.25, 0.3) is 0 Å². The average Bonchev–Trinajstić information content (AvgIpc) is 2.09. The van der Waals surface area contributed by atoms with Crippen molar-refractivity contribution in [3.8, 4) is 0 Å². The summed E-state index contributed by atoms with van der Waals surface area (Å²) in [5.74, 6) is 0. The molecule has 72 valence electrons. The van der Waals surface area contributed by atoms with E-state index in [0.717, 1.165) is 6.61 Å². The molecule has 1 saturated carbocycles. The maximum Gasteiger partial charge on any atom is 0.0700 e. The molecule has 0 aromatic carbocycles. The van der Waals surface area contributed by atoms with Crippen molar-refractivity contribution in [1.82, 2.24) is 0 Å². The van der Waals surface area contributed by atoms with Gasteiger partial charge in [-0.2, -0.15) is 0 Å². The minimum absolute atomic E-state index is 0.491. The third kappa shape index (κ3) is 3.44. The van der Waals surface area contributed by atoms with Gasteiger partial charge in [-0.05, 0) is 19.3 Å². The second-order valence-electron chi connectivity index (χ2n) is 3.56. The lowest BCUT2D eigenvalue weighted by Crippen LogP contribution is -2.28. The molecular formula is C10H19BrO. The maximum absolute atomic E-state index is 5.79. The van der Waals surface area contributed by atoms with Gasteiger partial charge in [-0.1, -0.05) is 42.1 Å². The predicted octanol–water partition coefficient (Wildman–Crippen LogP) is 3.51. The van der Waals surface area contributed by atoms with E-state index in [9.17, 15) is 0 Å². The fourth-order valence-electron chi connectivity index (χ4n) is 1.62. The molecule has 1 fully saturated rings. The van der Waals surface area contributed by atoms with E-state index in [4.69, 9.17) is 4.74 Å². The molecule has 0 aromatic rings. The van der Waals surface area contributed by atoms with Crippen LogP contribution in [0, 0.1) is 0 Å². The van der Waals surface area contributed by atoms with E-state index in [1.165, 1.54) is 38.5 Å². The number of unbranched alkanes of at least 4 members (excludes halogenated alkanes) is 1. The highest BCUT2D eigenvalue weighted by atomic mass is 79.9. The molecule has 12 heavy (non-hydrogen) atoms. The molecule has 2 heteroatoms. The standard InChI is InChI=1S/C10H19BrO/c1-2-3-8-12-10-7-5-4-6-9(10)11/h9-10H,2-8H2,1H3. The van der Waals surface area contributed by atoms with Crippen molar-refractivity contribution >= 4 is 15.9 Å². The third-order valence-corrected chi connectivity index (χ3v) is 3.50. The molecule has 0 bridgehead atoms. The summed E-state index contributed by atoms with van der Waals surface area (Å²) < 4.78 is 5.79. The molecule has 2 unspecified atom stereocenters. The summed E-state index contributed by atoms with van der Waals surface area (Å²) in [5.41, 5.74) is 0. The second kappa shape index (κ2) is 5.98. The van der Waals surface area contributed by atoms with E-state index < -0.39 is 0 Å². The first-order chi connectivity index (χ1) is 5.84. The number of hydrogen-bond donors (Lipinski definition) is 0. The first-order valence-electron chi connectivity index (χ1n) is 5.10. The highest BCUT2D eigenvalue weighted by molar-refractivity contribution is 9.09.